The zero-order valence-corrected chi connectivity index (χ0v) is 13.2. The first-order valence-electron chi connectivity index (χ1n) is 7.45. The number of aliphatic hydroxyl groups is 2. The van der Waals surface area contributed by atoms with Gasteiger partial charge >= 0.3 is 17.8 Å². The number of hydrogen-bond acceptors (Lipinski definition) is 6. The summed E-state index contributed by atoms with van der Waals surface area (Å²) in [5.74, 6) is -2.12. The van der Waals surface area contributed by atoms with Gasteiger partial charge in [-0.3, -0.25) is 19.1 Å². The minimum Gasteiger partial charge on any atom is -0.394 e. The smallest absolute Gasteiger partial charge is 0.394 e. The van der Waals surface area contributed by atoms with Gasteiger partial charge in [0.15, 0.2) is 0 Å². The standard InChI is InChI=1S/C14H16F3N3O6/c15-14(16,17)12(24)18-3-1-2-7-5-20(13(25)19-11(7)23)10-4-8(22)9(6-21)26-10/h1-2,5,8-10,21-22H,3-4,6H2,(H,18,24)(H,19,23,25)/t8?,9-,10-/m1/s1. The summed E-state index contributed by atoms with van der Waals surface area (Å²) in [4.78, 5) is 36.3. The molecule has 9 nitrogen and oxygen atoms in total. The van der Waals surface area contributed by atoms with Crippen LogP contribution in [0.2, 0.25) is 0 Å². The van der Waals surface area contributed by atoms with Gasteiger partial charge in [-0.25, -0.2) is 4.79 Å². The highest BCUT2D eigenvalue weighted by Gasteiger charge is 2.38. The van der Waals surface area contributed by atoms with Crippen molar-refractivity contribution in [3.8, 4) is 0 Å². The van der Waals surface area contributed by atoms with Crippen LogP contribution in [-0.4, -0.2) is 57.2 Å². The molecule has 0 bridgehead atoms. The molecule has 0 radical (unpaired) electrons. The van der Waals surface area contributed by atoms with Crippen LogP contribution in [0.1, 0.15) is 18.2 Å². The second kappa shape index (κ2) is 7.85. The molecule has 1 aromatic heterocycles. The Morgan fingerprint density at radius 2 is 2.15 bits per heavy atom. The van der Waals surface area contributed by atoms with Gasteiger partial charge < -0.3 is 20.3 Å². The fourth-order valence-corrected chi connectivity index (χ4v) is 2.32. The van der Waals surface area contributed by atoms with Crippen LogP contribution in [0.3, 0.4) is 0 Å². The van der Waals surface area contributed by atoms with Gasteiger partial charge in [0, 0.05) is 19.2 Å². The van der Waals surface area contributed by atoms with E-state index in [-0.39, 0.29) is 12.0 Å². The van der Waals surface area contributed by atoms with Crippen molar-refractivity contribution in [3.63, 3.8) is 0 Å². The first kappa shape index (κ1) is 19.9. The summed E-state index contributed by atoms with van der Waals surface area (Å²) in [6.07, 6.45) is -4.48. The number of aliphatic hydroxyl groups excluding tert-OH is 2. The first-order chi connectivity index (χ1) is 12.1. The molecule has 12 heteroatoms. The van der Waals surface area contributed by atoms with Crippen LogP contribution >= 0.6 is 0 Å². The van der Waals surface area contributed by atoms with Crippen molar-refractivity contribution in [1.82, 2.24) is 14.9 Å². The van der Waals surface area contributed by atoms with E-state index in [0.29, 0.717) is 0 Å². The molecule has 2 heterocycles. The average molecular weight is 379 g/mol. The molecule has 4 N–H and O–H groups in total. The first-order valence-corrected chi connectivity index (χ1v) is 7.45. The molecule has 1 aromatic rings. The number of H-pyrrole nitrogens is 1. The van der Waals surface area contributed by atoms with Crippen molar-refractivity contribution in [3.05, 3.63) is 38.7 Å². The SMILES string of the molecule is O=C(NCC=Cc1cn([C@H]2CC(O)[C@@H](CO)O2)c(=O)[nH]c1=O)C(F)(F)F. The summed E-state index contributed by atoms with van der Waals surface area (Å²) >= 11 is 0. The van der Waals surface area contributed by atoms with E-state index in [1.54, 1.807) is 5.32 Å². The fraction of sp³-hybridized carbons (Fsp3) is 0.500. The molecule has 1 fully saturated rings. The molecular weight excluding hydrogens is 363 g/mol. The van der Waals surface area contributed by atoms with Crippen molar-refractivity contribution < 1.29 is 32.9 Å². The lowest BCUT2D eigenvalue weighted by Crippen LogP contribution is -2.36. The Hall–Kier alpha value is -2.44. The largest absolute Gasteiger partial charge is 0.471 e. The molecule has 1 saturated heterocycles. The van der Waals surface area contributed by atoms with Crippen molar-refractivity contribution in [1.29, 1.82) is 0 Å². The van der Waals surface area contributed by atoms with Gasteiger partial charge in [-0.15, -0.1) is 0 Å². The maximum Gasteiger partial charge on any atom is 0.471 e. The second-order valence-electron chi connectivity index (χ2n) is 5.48. The van der Waals surface area contributed by atoms with E-state index < -0.39 is 54.9 Å². The van der Waals surface area contributed by atoms with Gasteiger partial charge in [-0.1, -0.05) is 12.2 Å². The molecule has 2 rings (SSSR count). The molecule has 0 aliphatic carbocycles. The Morgan fingerprint density at radius 1 is 1.46 bits per heavy atom. The number of carbonyl (C=O) groups excluding carboxylic acids is 1. The maximum absolute atomic E-state index is 12.0. The van der Waals surface area contributed by atoms with Crippen molar-refractivity contribution in [2.75, 3.05) is 13.2 Å². The summed E-state index contributed by atoms with van der Waals surface area (Å²) in [5.41, 5.74) is -1.67. The van der Waals surface area contributed by atoms with Crippen molar-refractivity contribution >= 4 is 12.0 Å². The number of ether oxygens (including phenoxy) is 1. The lowest BCUT2D eigenvalue weighted by molar-refractivity contribution is -0.173. The number of halogens is 3. The Morgan fingerprint density at radius 3 is 2.73 bits per heavy atom. The van der Waals surface area contributed by atoms with Crippen LogP contribution in [0.15, 0.2) is 21.9 Å². The average Bonchev–Trinajstić information content (AvgIpc) is 2.92. The zero-order valence-electron chi connectivity index (χ0n) is 13.2. The van der Waals surface area contributed by atoms with Crippen LogP contribution in [0.5, 0.6) is 0 Å². The highest BCUT2D eigenvalue weighted by Crippen LogP contribution is 2.27. The quantitative estimate of drug-likeness (QED) is 0.512. The number of aromatic nitrogens is 2. The minimum atomic E-state index is -5.01. The Kier molecular flexibility index (Phi) is 6.00. The van der Waals surface area contributed by atoms with Gasteiger partial charge in [0.05, 0.1) is 18.3 Å². The van der Waals surface area contributed by atoms with Crippen LogP contribution in [0.4, 0.5) is 13.2 Å². The zero-order chi connectivity index (χ0) is 19.5. The van der Waals surface area contributed by atoms with Gasteiger partial charge in [0.25, 0.3) is 5.56 Å². The highest BCUT2D eigenvalue weighted by molar-refractivity contribution is 5.81. The number of hydrogen-bond donors (Lipinski definition) is 4. The summed E-state index contributed by atoms with van der Waals surface area (Å²) < 4.78 is 42.4. The molecule has 0 spiro atoms. The van der Waals surface area contributed by atoms with Gasteiger partial charge in [-0.2, -0.15) is 13.2 Å². The Bertz CT molecular complexity index is 800. The van der Waals surface area contributed by atoms with E-state index in [0.717, 1.165) is 22.9 Å². The minimum absolute atomic E-state index is 0.00196. The van der Waals surface area contributed by atoms with Gasteiger partial charge in [-0.05, 0) is 0 Å². The highest BCUT2D eigenvalue weighted by atomic mass is 19.4. The molecule has 1 unspecified atom stereocenters. The number of carbonyl (C=O) groups is 1. The molecule has 1 aliphatic heterocycles. The predicted octanol–water partition coefficient (Wildman–Crippen LogP) is -1.13. The van der Waals surface area contributed by atoms with Crippen molar-refractivity contribution in [2.45, 2.75) is 31.0 Å². The maximum atomic E-state index is 12.0. The second-order valence-corrected chi connectivity index (χ2v) is 5.48. The Labute approximate surface area is 143 Å². The van der Waals surface area contributed by atoms with E-state index in [2.05, 4.69) is 0 Å². The molecule has 0 saturated carbocycles. The van der Waals surface area contributed by atoms with Crippen LogP contribution in [0, 0.1) is 0 Å². The normalized spacial score (nSPS) is 23.5. The topological polar surface area (TPSA) is 134 Å². The summed E-state index contributed by atoms with van der Waals surface area (Å²) in [6.45, 7) is -0.941. The monoisotopic (exact) mass is 379 g/mol. The molecule has 3 atom stereocenters. The van der Waals surface area contributed by atoms with Crippen LogP contribution in [-0.2, 0) is 9.53 Å². The number of rotatable bonds is 5. The lowest BCUT2D eigenvalue weighted by atomic mass is 10.2. The third-order valence-electron chi connectivity index (χ3n) is 3.63. The summed E-state index contributed by atoms with van der Waals surface area (Å²) in [6, 6.07) is 0. The van der Waals surface area contributed by atoms with Crippen LogP contribution in [0.25, 0.3) is 6.08 Å². The number of nitrogens with one attached hydrogen (secondary N) is 2. The molecule has 144 valence electrons. The lowest BCUT2D eigenvalue weighted by Gasteiger charge is -2.14. The van der Waals surface area contributed by atoms with Crippen LogP contribution < -0.4 is 16.6 Å². The number of alkyl halides is 3. The van der Waals surface area contributed by atoms with E-state index in [9.17, 15) is 32.7 Å². The molecular formula is C14H16F3N3O6. The fourth-order valence-electron chi connectivity index (χ4n) is 2.32. The van der Waals surface area contributed by atoms with Gasteiger partial charge in [0.2, 0.25) is 0 Å². The van der Waals surface area contributed by atoms with Gasteiger partial charge in [0.1, 0.15) is 12.3 Å². The number of amides is 1. The third-order valence-corrected chi connectivity index (χ3v) is 3.63. The molecule has 0 aromatic carbocycles. The summed E-state index contributed by atoms with van der Waals surface area (Å²) in [5, 5.41) is 20.4. The third kappa shape index (κ3) is 4.59. The van der Waals surface area contributed by atoms with E-state index in [1.165, 1.54) is 0 Å². The molecule has 1 aliphatic rings. The molecule has 1 amide bonds. The van der Waals surface area contributed by atoms with Crippen molar-refractivity contribution in [2.24, 2.45) is 0 Å². The summed E-state index contributed by atoms with van der Waals surface area (Å²) in [7, 11) is 0. The van der Waals surface area contributed by atoms with E-state index >= 15 is 0 Å². The van der Waals surface area contributed by atoms with E-state index in [1.807, 2.05) is 4.98 Å². The van der Waals surface area contributed by atoms with E-state index in [4.69, 9.17) is 9.84 Å². The Balaban J connectivity index is 2.13. The molecule has 26 heavy (non-hydrogen) atoms. The predicted molar refractivity (Wildman–Crippen MR) is 81.0 cm³/mol. The number of nitrogens with zero attached hydrogens (tertiary/aromatic N) is 1. The number of aromatic amines is 1.